The van der Waals surface area contributed by atoms with Crippen LogP contribution in [-0.2, 0) is 4.74 Å². The average Bonchev–Trinajstić information content (AvgIpc) is 2.75. The minimum Gasteiger partial charge on any atom is -0.388 e. The number of carbonyl (C=O) groups is 1. The SMILES string of the molecule is CCCCN(C)CC1OCC(NC(=O)NCCC)C1O. The first-order chi connectivity index (χ1) is 9.58. The van der Waals surface area contributed by atoms with Gasteiger partial charge in [-0.05, 0) is 26.4 Å². The third-order valence-electron chi connectivity index (χ3n) is 3.52. The van der Waals surface area contributed by atoms with Crippen LogP contribution in [0, 0.1) is 0 Å². The molecule has 1 fully saturated rings. The number of nitrogens with zero attached hydrogens (tertiary/aromatic N) is 1. The maximum atomic E-state index is 11.6. The Morgan fingerprint density at radius 3 is 2.80 bits per heavy atom. The van der Waals surface area contributed by atoms with Gasteiger partial charge < -0.3 is 25.4 Å². The summed E-state index contributed by atoms with van der Waals surface area (Å²) in [7, 11) is 2.03. The monoisotopic (exact) mass is 287 g/mol. The molecule has 0 aromatic carbocycles. The van der Waals surface area contributed by atoms with E-state index in [-0.39, 0.29) is 18.2 Å². The topological polar surface area (TPSA) is 73.8 Å². The van der Waals surface area contributed by atoms with E-state index in [1.54, 1.807) is 0 Å². The molecule has 20 heavy (non-hydrogen) atoms. The summed E-state index contributed by atoms with van der Waals surface area (Å²) in [5.41, 5.74) is 0. The molecule has 3 N–H and O–H groups in total. The Bertz CT molecular complexity index is 289. The Morgan fingerprint density at radius 1 is 1.40 bits per heavy atom. The molecule has 0 aromatic rings. The fraction of sp³-hybridized carbons (Fsp3) is 0.929. The molecule has 0 saturated carbocycles. The Morgan fingerprint density at radius 2 is 2.15 bits per heavy atom. The molecule has 3 atom stereocenters. The predicted octanol–water partition coefficient (Wildman–Crippen LogP) is 0.556. The first-order valence-corrected chi connectivity index (χ1v) is 7.61. The lowest BCUT2D eigenvalue weighted by atomic mass is 10.1. The highest BCUT2D eigenvalue weighted by atomic mass is 16.5. The van der Waals surface area contributed by atoms with Gasteiger partial charge in [0, 0.05) is 13.1 Å². The van der Waals surface area contributed by atoms with E-state index in [1.807, 2.05) is 14.0 Å². The van der Waals surface area contributed by atoms with Crippen molar-refractivity contribution in [1.29, 1.82) is 0 Å². The number of hydrogen-bond acceptors (Lipinski definition) is 4. The summed E-state index contributed by atoms with van der Waals surface area (Å²) in [4.78, 5) is 13.7. The summed E-state index contributed by atoms with van der Waals surface area (Å²) in [5.74, 6) is 0. The molecular weight excluding hydrogens is 258 g/mol. The lowest BCUT2D eigenvalue weighted by Gasteiger charge is -2.23. The summed E-state index contributed by atoms with van der Waals surface area (Å²) in [6, 6.07) is -0.559. The van der Waals surface area contributed by atoms with Crippen LogP contribution in [0.25, 0.3) is 0 Å². The zero-order chi connectivity index (χ0) is 15.0. The first kappa shape index (κ1) is 17.2. The minimum absolute atomic E-state index is 0.228. The number of nitrogens with one attached hydrogen (secondary N) is 2. The lowest BCUT2D eigenvalue weighted by molar-refractivity contribution is 0.0201. The molecule has 2 amide bonds. The van der Waals surface area contributed by atoms with Gasteiger partial charge in [0.2, 0.25) is 0 Å². The number of carbonyl (C=O) groups excluding carboxylic acids is 1. The molecule has 1 aliphatic rings. The highest BCUT2D eigenvalue weighted by molar-refractivity contribution is 5.74. The number of amides is 2. The summed E-state index contributed by atoms with van der Waals surface area (Å²) in [5, 5.41) is 15.7. The lowest BCUT2D eigenvalue weighted by Crippen LogP contribution is -2.49. The zero-order valence-electron chi connectivity index (χ0n) is 12.9. The van der Waals surface area contributed by atoms with E-state index in [4.69, 9.17) is 4.74 Å². The second-order valence-electron chi connectivity index (χ2n) is 5.48. The molecule has 0 spiro atoms. The van der Waals surface area contributed by atoms with Crippen LogP contribution in [0.5, 0.6) is 0 Å². The molecule has 1 aliphatic heterocycles. The predicted molar refractivity (Wildman–Crippen MR) is 78.8 cm³/mol. The maximum absolute atomic E-state index is 11.6. The van der Waals surface area contributed by atoms with Crippen LogP contribution in [0.15, 0.2) is 0 Å². The van der Waals surface area contributed by atoms with Crippen molar-refractivity contribution >= 4 is 6.03 Å². The van der Waals surface area contributed by atoms with Gasteiger partial charge in [-0.3, -0.25) is 0 Å². The molecule has 118 valence electrons. The van der Waals surface area contributed by atoms with E-state index in [9.17, 15) is 9.90 Å². The van der Waals surface area contributed by atoms with Crippen molar-refractivity contribution in [3.8, 4) is 0 Å². The normalized spacial score (nSPS) is 25.9. The van der Waals surface area contributed by atoms with Gasteiger partial charge in [-0.2, -0.15) is 0 Å². The quantitative estimate of drug-likeness (QED) is 0.610. The van der Waals surface area contributed by atoms with Crippen molar-refractivity contribution < 1.29 is 14.6 Å². The fourth-order valence-corrected chi connectivity index (χ4v) is 2.26. The highest BCUT2D eigenvalue weighted by Crippen LogP contribution is 2.15. The Balaban J connectivity index is 2.31. The van der Waals surface area contributed by atoms with Crippen LogP contribution < -0.4 is 10.6 Å². The molecular formula is C14H29N3O3. The van der Waals surface area contributed by atoms with Crippen LogP contribution in [0.4, 0.5) is 4.79 Å². The standard InChI is InChI=1S/C14H29N3O3/c1-4-6-8-17(3)9-12-13(18)11(10-20-12)16-14(19)15-7-5-2/h11-13,18H,4-10H2,1-3H3,(H2,15,16,19). The molecule has 1 rings (SSSR count). The largest absolute Gasteiger partial charge is 0.388 e. The van der Waals surface area contributed by atoms with Crippen LogP contribution in [0.3, 0.4) is 0 Å². The van der Waals surface area contributed by atoms with E-state index < -0.39 is 6.10 Å². The number of urea groups is 1. The van der Waals surface area contributed by atoms with E-state index >= 15 is 0 Å². The molecule has 6 nitrogen and oxygen atoms in total. The number of rotatable bonds is 8. The van der Waals surface area contributed by atoms with E-state index in [0.29, 0.717) is 19.7 Å². The smallest absolute Gasteiger partial charge is 0.315 e. The van der Waals surface area contributed by atoms with E-state index in [0.717, 1.165) is 25.8 Å². The van der Waals surface area contributed by atoms with Crippen LogP contribution in [0.1, 0.15) is 33.1 Å². The number of hydrogen-bond donors (Lipinski definition) is 3. The molecule has 0 radical (unpaired) electrons. The van der Waals surface area contributed by atoms with Gasteiger partial charge in [0.15, 0.2) is 0 Å². The van der Waals surface area contributed by atoms with Crippen LogP contribution in [-0.4, -0.2) is 67.6 Å². The number of likely N-dealkylation sites (N-methyl/N-ethyl adjacent to an activating group) is 1. The van der Waals surface area contributed by atoms with Gasteiger partial charge in [0.25, 0.3) is 0 Å². The number of aliphatic hydroxyl groups excluding tert-OH is 1. The summed E-state index contributed by atoms with van der Waals surface area (Å²) >= 11 is 0. The third-order valence-corrected chi connectivity index (χ3v) is 3.52. The molecule has 0 aromatic heterocycles. The zero-order valence-corrected chi connectivity index (χ0v) is 12.9. The van der Waals surface area contributed by atoms with Crippen molar-refractivity contribution in [2.24, 2.45) is 0 Å². The van der Waals surface area contributed by atoms with Gasteiger partial charge >= 0.3 is 6.03 Å². The molecule has 1 saturated heterocycles. The number of unbranched alkanes of at least 4 members (excludes halogenated alkanes) is 1. The van der Waals surface area contributed by atoms with Crippen molar-refractivity contribution in [2.75, 3.05) is 33.3 Å². The van der Waals surface area contributed by atoms with Gasteiger partial charge in [-0.15, -0.1) is 0 Å². The average molecular weight is 287 g/mol. The summed E-state index contributed by atoms with van der Waals surface area (Å²) in [6.45, 7) is 6.85. The van der Waals surface area contributed by atoms with E-state index in [1.165, 1.54) is 0 Å². The van der Waals surface area contributed by atoms with E-state index in [2.05, 4.69) is 22.5 Å². The summed E-state index contributed by atoms with van der Waals surface area (Å²) in [6.07, 6.45) is 2.31. The minimum atomic E-state index is -0.647. The van der Waals surface area contributed by atoms with Gasteiger partial charge in [-0.1, -0.05) is 20.3 Å². The second kappa shape index (κ2) is 9.15. The van der Waals surface area contributed by atoms with Gasteiger partial charge in [-0.25, -0.2) is 4.79 Å². The Hall–Kier alpha value is -0.850. The molecule has 0 aliphatic carbocycles. The van der Waals surface area contributed by atoms with Gasteiger partial charge in [0.05, 0.1) is 18.8 Å². The summed E-state index contributed by atoms with van der Waals surface area (Å²) < 4.78 is 5.60. The Labute approximate surface area is 121 Å². The van der Waals surface area contributed by atoms with Crippen molar-refractivity contribution in [3.63, 3.8) is 0 Å². The number of aliphatic hydroxyl groups is 1. The molecule has 1 heterocycles. The van der Waals surface area contributed by atoms with Gasteiger partial charge in [0.1, 0.15) is 6.10 Å². The maximum Gasteiger partial charge on any atom is 0.315 e. The second-order valence-corrected chi connectivity index (χ2v) is 5.48. The molecule has 0 bridgehead atoms. The van der Waals surface area contributed by atoms with Crippen molar-refractivity contribution in [3.05, 3.63) is 0 Å². The van der Waals surface area contributed by atoms with Crippen LogP contribution in [0.2, 0.25) is 0 Å². The first-order valence-electron chi connectivity index (χ1n) is 7.61. The Kier molecular flexibility index (Phi) is 7.87. The molecule has 3 unspecified atom stereocenters. The van der Waals surface area contributed by atoms with Crippen molar-refractivity contribution in [2.45, 2.75) is 51.4 Å². The number of ether oxygens (including phenoxy) is 1. The highest BCUT2D eigenvalue weighted by Gasteiger charge is 2.37. The molecule has 6 heteroatoms. The third kappa shape index (κ3) is 5.64. The fourth-order valence-electron chi connectivity index (χ4n) is 2.26. The van der Waals surface area contributed by atoms with Crippen molar-refractivity contribution in [1.82, 2.24) is 15.5 Å². The van der Waals surface area contributed by atoms with Crippen LogP contribution >= 0.6 is 0 Å².